The molecular weight excluding hydrogens is 408 g/mol. The number of carbonyl (C=O) groups is 2. The van der Waals surface area contributed by atoms with Crippen molar-refractivity contribution in [3.8, 4) is 11.5 Å². The van der Waals surface area contributed by atoms with E-state index in [4.69, 9.17) is 9.47 Å². The van der Waals surface area contributed by atoms with Gasteiger partial charge in [-0.1, -0.05) is 18.2 Å². The van der Waals surface area contributed by atoms with Crippen LogP contribution >= 0.6 is 0 Å². The Morgan fingerprint density at radius 3 is 2.66 bits per heavy atom. The number of nitrogens with one attached hydrogen (secondary N) is 1. The Bertz CT molecular complexity index is 1070. The van der Waals surface area contributed by atoms with Gasteiger partial charge in [-0.05, 0) is 80.0 Å². The Labute approximate surface area is 188 Å². The number of aliphatic hydroxyl groups is 1. The highest BCUT2D eigenvalue weighted by molar-refractivity contribution is 6.07. The molecule has 1 heterocycles. The summed E-state index contributed by atoms with van der Waals surface area (Å²) in [5.41, 5.74) is 3.82. The quantitative estimate of drug-likeness (QED) is 0.677. The molecule has 2 N–H and O–H groups in total. The topological polar surface area (TPSA) is 88.1 Å². The zero-order valence-corrected chi connectivity index (χ0v) is 19.0. The van der Waals surface area contributed by atoms with Crippen LogP contribution in [0.1, 0.15) is 40.7 Å². The minimum Gasteiger partial charge on any atom is -0.497 e. The van der Waals surface area contributed by atoms with Gasteiger partial charge in [-0.25, -0.2) is 4.79 Å². The molecular formula is C25H30N2O5. The molecule has 3 amide bonds. The number of amides is 3. The molecule has 1 aliphatic heterocycles. The van der Waals surface area contributed by atoms with Gasteiger partial charge >= 0.3 is 6.03 Å². The van der Waals surface area contributed by atoms with E-state index in [0.717, 1.165) is 57.1 Å². The predicted molar refractivity (Wildman–Crippen MR) is 120 cm³/mol. The number of hydrogen-bond acceptors (Lipinski definition) is 5. The first-order valence-electron chi connectivity index (χ1n) is 11.0. The molecule has 7 nitrogen and oxygen atoms in total. The van der Waals surface area contributed by atoms with Gasteiger partial charge in [0.25, 0.3) is 5.91 Å². The Balaban J connectivity index is 1.49. The Morgan fingerprint density at radius 2 is 1.91 bits per heavy atom. The summed E-state index contributed by atoms with van der Waals surface area (Å²) >= 11 is 0. The van der Waals surface area contributed by atoms with Gasteiger partial charge in [0.1, 0.15) is 29.7 Å². The molecule has 32 heavy (non-hydrogen) atoms. The van der Waals surface area contributed by atoms with E-state index in [-0.39, 0.29) is 19.1 Å². The molecule has 0 bridgehead atoms. The number of ether oxygens (including phenoxy) is 2. The number of nitrogens with zero attached hydrogens (tertiary/aromatic N) is 1. The summed E-state index contributed by atoms with van der Waals surface area (Å²) in [5, 5.41) is 13.5. The molecule has 0 radical (unpaired) electrons. The maximum atomic E-state index is 13.4. The standard InChI is InChI=1S/C25H30N2O5/c1-15-7-8-16(2)22(17(15)3)32-14-19(28)13-27-23(29)25(26-24(27)30)11-5-6-18-12-20(31-4)9-10-21(18)25/h7-10,12,19,28H,5-6,11,13-14H2,1-4H3,(H,26,30)/t19-,25+/m1/s1. The maximum absolute atomic E-state index is 13.4. The molecule has 4 rings (SSSR count). The molecule has 0 aromatic heterocycles. The lowest BCUT2D eigenvalue weighted by atomic mass is 9.76. The lowest BCUT2D eigenvalue weighted by Crippen LogP contribution is -2.47. The summed E-state index contributed by atoms with van der Waals surface area (Å²) in [6, 6.07) is 9.11. The van der Waals surface area contributed by atoms with Crippen LogP contribution < -0.4 is 14.8 Å². The van der Waals surface area contributed by atoms with Crippen LogP contribution in [0, 0.1) is 20.8 Å². The van der Waals surface area contributed by atoms with E-state index in [9.17, 15) is 14.7 Å². The van der Waals surface area contributed by atoms with Gasteiger partial charge in [-0.2, -0.15) is 0 Å². The molecule has 7 heteroatoms. The number of fused-ring (bicyclic) bond motifs is 2. The van der Waals surface area contributed by atoms with Gasteiger partial charge < -0.3 is 19.9 Å². The summed E-state index contributed by atoms with van der Waals surface area (Å²) in [4.78, 5) is 27.3. The first-order chi connectivity index (χ1) is 15.3. The average Bonchev–Trinajstić information content (AvgIpc) is 3.00. The van der Waals surface area contributed by atoms with E-state index in [1.165, 1.54) is 0 Å². The molecule has 0 unspecified atom stereocenters. The zero-order valence-electron chi connectivity index (χ0n) is 19.0. The van der Waals surface area contributed by atoms with E-state index < -0.39 is 17.7 Å². The fraction of sp³-hybridized carbons (Fsp3) is 0.440. The average molecular weight is 439 g/mol. The molecule has 1 spiro atoms. The fourth-order valence-corrected chi connectivity index (χ4v) is 4.73. The van der Waals surface area contributed by atoms with E-state index >= 15 is 0 Å². The van der Waals surface area contributed by atoms with Crippen LogP contribution in [0.25, 0.3) is 0 Å². The van der Waals surface area contributed by atoms with E-state index in [1.54, 1.807) is 7.11 Å². The second kappa shape index (κ2) is 8.47. The Hall–Kier alpha value is -3.06. The van der Waals surface area contributed by atoms with Crippen molar-refractivity contribution in [2.24, 2.45) is 0 Å². The summed E-state index contributed by atoms with van der Waals surface area (Å²) in [5.74, 6) is 1.13. The normalized spacial score (nSPS) is 20.8. The van der Waals surface area contributed by atoms with Crippen LogP contribution in [-0.2, 0) is 16.8 Å². The number of hydrogen-bond donors (Lipinski definition) is 2. The Kier molecular flexibility index (Phi) is 5.86. The third kappa shape index (κ3) is 3.71. The van der Waals surface area contributed by atoms with Gasteiger partial charge in [0, 0.05) is 0 Å². The molecule has 2 aromatic carbocycles. The predicted octanol–water partition coefficient (Wildman–Crippen LogP) is 3.14. The number of urea groups is 1. The van der Waals surface area contributed by atoms with Crippen molar-refractivity contribution in [1.29, 1.82) is 0 Å². The van der Waals surface area contributed by atoms with Crippen LogP contribution in [0.15, 0.2) is 30.3 Å². The molecule has 1 saturated heterocycles. The number of benzene rings is 2. The third-order valence-corrected chi connectivity index (χ3v) is 6.63. The van der Waals surface area contributed by atoms with Gasteiger partial charge in [0.2, 0.25) is 0 Å². The molecule has 170 valence electrons. The second-order valence-corrected chi connectivity index (χ2v) is 8.75. The second-order valence-electron chi connectivity index (χ2n) is 8.75. The van der Waals surface area contributed by atoms with Crippen molar-refractivity contribution in [2.75, 3.05) is 20.3 Å². The number of carbonyl (C=O) groups excluding carboxylic acids is 2. The monoisotopic (exact) mass is 438 g/mol. The highest BCUT2D eigenvalue weighted by Gasteiger charge is 2.54. The minimum absolute atomic E-state index is 0.0109. The number of rotatable bonds is 6. The molecule has 0 saturated carbocycles. The smallest absolute Gasteiger partial charge is 0.325 e. The van der Waals surface area contributed by atoms with Crippen molar-refractivity contribution >= 4 is 11.9 Å². The van der Waals surface area contributed by atoms with E-state index in [1.807, 2.05) is 51.1 Å². The number of methoxy groups -OCH3 is 1. The molecule has 1 aliphatic carbocycles. The number of imide groups is 1. The molecule has 2 atom stereocenters. The Morgan fingerprint density at radius 1 is 1.16 bits per heavy atom. The van der Waals surface area contributed by atoms with Crippen molar-refractivity contribution in [3.05, 3.63) is 58.1 Å². The molecule has 1 fully saturated rings. The van der Waals surface area contributed by atoms with Crippen molar-refractivity contribution in [1.82, 2.24) is 10.2 Å². The largest absolute Gasteiger partial charge is 0.497 e. The van der Waals surface area contributed by atoms with Gasteiger partial charge in [-0.3, -0.25) is 9.69 Å². The zero-order chi connectivity index (χ0) is 23.0. The van der Waals surface area contributed by atoms with Crippen LogP contribution in [-0.4, -0.2) is 48.3 Å². The van der Waals surface area contributed by atoms with Crippen LogP contribution in [0.5, 0.6) is 11.5 Å². The van der Waals surface area contributed by atoms with Crippen molar-refractivity contribution in [3.63, 3.8) is 0 Å². The van der Waals surface area contributed by atoms with Gasteiger partial charge in [-0.15, -0.1) is 0 Å². The number of aryl methyl sites for hydroxylation is 3. The molecule has 2 aromatic rings. The lowest BCUT2D eigenvalue weighted by Gasteiger charge is -2.33. The van der Waals surface area contributed by atoms with Gasteiger partial charge in [0.05, 0.1) is 13.7 Å². The summed E-state index contributed by atoms with van der Waals surface area (Å²) < 4.78 is 11.2. The van der Waals surface area contributed by atoms with Gasteiger partial charge in [0.15, 0.2) is 0 Å². The third-order valence-electron chi connectivity index (χ3n) is 6.63. The fourth-order valence-electron chi connectivity index (χ4n) is 4.73. The van der Waals surface area contributed by atoms with E-state index in [0.29, 0.717) is 6.42 Å². The maximum Gasteiger partial charge on any atom is 0.325 e. The summed E-state index contributed by atoms with van der Waals surface area (Å²) in [6.07, 6.45) is 1.13. The highest BCUT2D eigenvalue weighted by Crippen LogP contribution is 2.41. The highest BCUT2D eigenvalue weighted by atomic mass is 16.5. The van der Waals surface area contributed by atoms with Crippen LogP contribution in [0.4, 0.5) is 4.79 Å². The van der Waals surface area contributed by atoms with Crippen molar-refractivity contribution < 1.29 is 24.2 Å². The first-order valence-corrected chi connectivity index (χ1v) is 11.0. The number of aliphatic hydroxyl groups excluding tert-OH is 1. The summed E-state index contributed by atoms with van der Waals surface area (Å²) in [7, 11) is 1.60. The van der Waals surface area contributed by atoms with Crippen LogP contribution in [0.3, 0.4) is 0 Å². The lowest BCUT2D eigenvalue weighted by molar-refractivity contribution is -0.133. The SMILES string of the molecule is COc1ccc2c(c1)CCC[C@]21NC(=O)N(C[C@@H](O)COc2c(C)ccc(C)c2C)C1=O. The first kappa shape index (κ1) is 22.1. The van der Waals surface area contributed by atoms with E-state index in [2.05, 4.69) is 5.32 Å². The minimum atomic E-state index is -1.08. The summed E-state index contributed by atoms with van der Waals surface area (Å²) in [6.45, 7) is 5.79. The molecule has 2 aliphatic rings. The van der Waals surface area contributed by atoms with Crippen LogP contribution in [0.2, 0.25) is 0 Å². The number of β-amino-alcohol motifs (C(OH)–C–C–N with tert-alkyl or cyclic N) is 1. The van der Waals surface area contributed by atoms with Crippen molar-refractivity contribution in [2.45, 2.75) is 51.7 Å².